The summed E-state index contributed by atoms with van der Waals surface area (Å²) in [5.74, 6) is -1.11. The molecule has 3 rings (SSSR count). The van der Waals surface area contributed by atoms with Gasteiger partial charge in [-0.15, -0.1) is 0 Å². The number of hydrogen-bond donors (Lipinski definition) is 2. The first-order valence-corrected chi connectivity index (χ1v) is 9.16. The molecule has 0 spiro atoms. The number of hydrogen-bond acceptors (Lipinski definition) is 6. The third kappa shape index (κ3) is 5.75. The number of phenols is 1. The molecule has 154 valence electrons. The Morgan fingerprint density at radius 1 is 0.800 bits per heavy atom. The SMILES string of the molecule is O=C(OCc1ccccc1)c1ccc(OCCOc2ccc(C(=O)O)c(O)c2)cc1. The summed E-state index contributed by atoms with van der Waals surface area (Å²) < 4.78 is 16.3. The van der Waals surface area contributed by atoms with E-state index in [1.54, 1.807) is 24.3 Å². The third-order valence-corrected chi connectivity index (χ3v) is 4.12. The van der Waals surface area contributed by atoms with Gasteiger partial charge in [-0.05, 0) is 42.0 Å². The van der Waals surface area contributed by atoms with E-state index in [4.69, 9.17) is 19.3 Å². The van der Waals surface area contributed by atoms with Crippen LogP contribution in [0.2, 0.25) is 0 Å². The van der Waals surface area contributed by atoms with Crippen molar-refractivity contribution in [2.24, 2.45) is 0 Å². The molecule has 0 radical (unpaired) electrons. The molecule has 0 unspecified atom stereocenters. The number of carboxylic acids is 1. The van der Waals surface area contributed by atoms with Crippen molar-refractivity contribution in [1.82, 2.24) is 0 Å². The zero-order valence-corrected chi connectivity index (χ0v) is 16.0. The number of rotatable bonds is 9. The fourth-order valence-corrected chi connectivity index (χ4v) is 2.59. The normalized spacial score (nSPS) is 10.3. The minimum Gasteiger partial charge on any atom is -0.507 e. The second-order valence-electron chi connectivity index (χ2n) is 6.27. The highest BCUT2D eigenvalue weighted by molar-refractivity contribution is 5.91. The maximum absolute atomic E-state index is 12.1. The van der Waals surface area contributed by atoms with Crippen molar-refractivity contribution in [3.63, 3.8) is 0 Å². The molecule has 0 saturated heterocycles. The minimum absolute atomic E-state index is 0.187. The van der Waals surface area contributed by atoms with Gasteiger partial charge in [-0.2, -0.15) is 0 Å². The molecule has 7 nitrogen and oxygen atoms in total. The van der Waals surface area contributed by atoms with Crippen LogP contribution in [0.15, 0.2) is 72.8 Å². The smallest absolute Gasteiger partial charge is 0.339 e. The highest BCUT2D eigenvalue weighted by Gasteiger charge is 2.10. The molecule has 2 N–H and O–H groups in total. The van der Waals surface area contributed by atoms with E-state index in [0.29, 0.717) is 17.1 Å². The second-order valence-corrected chi connectivity index (χ2v) is 6.27. The molecule has 0 atom stereocenters. The second kappa shape index (κ2) is 9.97. The van der Waals surface area contributed by atoms with E-state index in [0.717, 1.165) is 5.56 Å². The quantitative estimate of drug-likeness (QED) is 0.409. The monoisotopic (exact) mass is 408 g/mol. The minimum atomic E-state index is -1.21. The van der Waals surface area contributed by atoms with Crippen LogP contribution in [0.3, 0.4) is 0 Å². The molecule has 0 amide bonds. The molecule has 3 aromatic carbocycles. The fraction of sp³-hybridized carbons (Fsp3) is 0.130. The lowest BCUT2D eigenvalue weighted by molar-refractivity contribution is 0.0472. The van der Waals surface area contributed by atoms with Crippen LogP contribution in [0.4, 0.5) is 0 Å². The van der Waals surface area contributed by atoms with Gasteiger partial charge < -0.3 is 24.4 Å². The van der Waals surface area contributed by atoms with Gasteiger partial charge in [-0.3, -0.25) is 0 Å². The van der Waals surface area contributed by atoms with E-state index >= 15 is 0 Å². The van der Waals surface area contributed by atoms with Crippen LogP contribution >= 0.6 is 0 Å². The Hall–Kier alpha value is -4.00. The predicted octanol–water partition coefficient (Wildman–Crippen LogP) is 3.91. The van der Waals surface area contributed by atoms with E-state index in [2.05, 4.69) is 0 Å². The predicted molar refractivity (Wildman–Crippen MR) is 108 cm³/mol. The molecule has 0 fully saturated rings. The van der Waals surface area contributed by atoms with E-state index < -0.39 is 11.9 Å². The lowest BCUT2D eigenvalue weighted by Gasteiger charge is -2.10. The Bertz CT molecular complexity index is 998. The summed E-state index contributed by atoms with van der Waals surface area (Å²) in [4.78, 5) is 23.0. The number of carbonyl (C=O) groups excluding carboxylic acids is 1. The van der Waals surface area contributed by atoms with Gasteiger partial charge in [0.2, 0.25) is 0 Å². The van der Waals surface area contributed by atoms with Gasteiger partial charge >= 0.3 is 11.9 Å². The molecule has 0 aromatic heterocycles. The lowest BCUT2D eigenvalue weighted by atomic mass is 10.2. The fourth-order valence-electron chi connectivity index (χ4n) is 2.59. The summed E-state index contributed by atoms with van der Waals surface area (Å²) in [7, 11) is 0. The van der Waals surface area contributed by atoms with Crippen molar-refractivity contribution in [3.05, 3.63) is 89.5 Å². The van der Waals surface area contributed by atoms with Crippen LogP contribution in [0.25, 0.3) is 0 Å². The van der Waals surface area contributed by atoms with Crippen molar-refractivity contribution >= 4 is 11.9 Å². The van der Waals surface area contributed by atoms with Gasteiger partial charge in [-0.1, -0.05) is 30.3 Å². The summed E-state index contributed by atoms with van der Waals surface area (Å²) in [5, 5.41) is 18.5. The Morgan fingerprint density at radius 2 is 1.43 bits per heavy atom. The first-order chi connectivity index (χ1) is 14.5. The molecule has 7 heteroatoms. The average Bonchev–Trinajstić information content (AvgIpc) is 2.76. The molecule has 0 aliphatic carbocycles. The van der Waals surface area contributed by atoms with E-state index in [9.17, 15) is 14.7 Å². The van der Waals surface area contributed by atoms with Crippen LogP contribution in [0.5, 0.6) is 17.2 Å². The van der Waals surface area contributed by atoms with Crippen LogP contribution in [-0.4, -0.2) is 35.4 Å². The summed E-state index contributed by atoms with van der Waals surface area (Å²) in [6.07, 6.45) is 0. The first kappa shape index (κ1) is 20.7. The van der Waals surface area contributed by atoms with Gasteiger partial charge in [0.15, 0.2) is 0 Å². The van der Waals surface area contributed by atoms with E-state index in [1.807, 2.05) is 30.3 Å². The van der Waals surface area contributed by atoms with Crippen LogP contribution in [0.1, 0.15) is 26.3 Å². The van der Waals surface area contributed by atoms with Gasteiger partial charge in [-0.25, -0.2) is 9.59 Å². The molecule has 0 aliphatic heterocycles. The summed E-state index contributed by atoms with van der Waals surface area (Å²) >= 11 is 0. The first-order valence-electron chi connectivity index (χ1n) is 9.16. The Labute approximate surface area is 173 Å². The average molecular weight is 408 g/mol. The van der Waals surface area contributed by atoms with E-state index in [-0.39, 0.29) is 31.1 Å². The van der Waals surface area contributed by atoms with E-state index in [1.165, 1.54) is 18.2 Å². The number of carbonyl (C=O) groups is 2. The Morgan fingerprint density at radius 3 is 2.07 bits per heavy atom. The number of aromatic carboxylic acids is 1. The number of esters is 1. The zero-order valence-electron chi connectivity index (χ0n) is 16.0. The highest BCUT2D eigenvalue weighted by atomic mass is 16.5. The van der Waals surface area contributed by atoms with Gasteiger partial charge in [0.25, 0.3) is 0 Å². The molecule has 3 aromatic rings. The summed E-state index contributed by atoms with van der Waals surface area (Å²) in [6, 6.07) is 19.9. The number of carboxylic acid groups (broad SMARTS) is 1. The Kier molecular flexibility index (Phi) is 6.89. The van der Waals surface area contributed by atoms with Crippen molar-refractivity contribution in [2.75, 3.05) is 13.2 Å². The topological polar surface area (TPSA) is 102 Å². The Balaban J connectivity index is 1.43. The molecule has 0 heterocycles. The molecular weight excluding hydrogens is 388 g/mol. The van der Waals surface area contributed by atoms with Crippen LogP contribution in [0, 0.1) is 0 Å². The van der Waals surface area contributed by atoms with Crippen molar-refractivity contribution < 1.29 is 34.0 Å². The van der Waals surface area contributed by atoms with Gasteiger partial charge in [0.05, 0.1) is 5.56 Å². The largest absolute Gasteiger partial charge is 0.507 e. The summed E-state index contributed by atoms with van der Waals surface area (Å²) in [5.41, 5.74) is 1.14. The zero-order chi connectivity index (χ0) is 21.3. The highest BCUT2D eigenvalue weighted by Crippen LogP contribution is 2.23. The maximum Gasteiger partial charge on any atom is 0.339 e. The molecule has 30 heavy (non-hydrogen) atoms. The number of benzene rings is 3. The molecule has 0 aliphatic rings. The van der Waals surface area contributed by atoms with Crippen molar-refractivity contribution in [3.8, 4) is 17.2 Å². The molecule has 0 bridgehead atoms. The summed E-state index contributed by atoms with van der Waals surface area (Å²) in [6.45, 7) is 0.615. The standard InChI is InChI=1S/C23H20O7/c24-21-14-19(10-11-20(21)22(25)26)29-13-12-28-18-8-6-17(7-9-18)23(27)30-15-16-4-2-1-3-5-16/h1-11,14,24H,12-13,15H2,(H,25,26). The number of aromatic hydroxyl groups is 1. The maximum atomic E-state index is 12.1. The molecule has 0 saturated carbocycles. The third-order valence-electron chi connectivity index (χ3n) is 4.12. The molecular formula is C23H20O7. The lowest BCUT2D eigenvalue weighted by Crippen LogP contribution is -2.09. The van der Waals surface area contributed by atoms with Gasteiger partial charge in [0.1, 0.15) is 42.6 Å². The number of ether oxygens (including phenoxy) is 3. The van der Waals surface area contributed by atoms with Crippen molar-refractivity contribution in [2.45, 2.75) is 6.61 Å². The van der Waals surface area contributed by atoms with Crippen molar-refractivity contribution in [1.29, 1.82) is 0 Å². The van der Waals surface area contributed by atoms with Gasteiger partial charge in [0, 0.05) is 6.07 Å². The van der Waals surface area contributed by atoms with Crippen LogP contribution < -0.4 is 9.47 Å². The van der Waals surface area contributed by atoms with Crippen LogP contribution in [-0.2, 0) is 11.3 Å².